The van der Waals surface area contributed by atoms with Crippen LogP contribution in [0.5, 0.6) is 0 Å². The Morgan fingerprint density at radius 1 is 1.47 bits per heavy atom. The number of amides is 1. The summed E-state index contributed by atoms with van der Waals surface area (Å²) in [4.78, 5) is 12.2. The summed E-state index contributed by atoms with van der Waals surface area (Å²) in [6.07, 6.45) is 1.71. The Labute approximate surface area is 111 Å². The van der Waals surface area contributed by atoms with Crippen LogP contribution < -0.4 is 10.6 Å². The third-order valence-corrected chi connectivity index (χ3v) is 3.65. The van der Waals surface area contributed by atoms with E-state index in [9.17, 15) is 13.6 Å². The summed E-state index contributed by atoms with van der Waals surface area (Å²) in [5.41, 5.74) is -0.304. The molecular formula is C14H18F2N2O. The van der Waals surface area contributed by atoms with Crippen molar-refractivity contribution >= 4 is 5.91 Å². The first-order chi connectivity index (χ1) is 8.92. The Kier molecular flexibility index (Phi) is 3.85. The summed E-state index contributed by atoms with van der Waals surface area (Å²) in [5, 5.41) is 5.92. The maximum Gasteiger partial charge on any atom is 0.240 e. The highest BCUT2D eigenvalue weighted by atomic mass is 19.1. The number of carbonyl (C=O) groups is 1. The molecule has 1 saturated heterocycles. The van der Waals surface area contributed by atoms with Gasteiger partial charge in [-0.1, -0.05) is 6.07 Å². The van der Waals surface area contributed by atoms with Crippen molar-refractivity contribution in [1.82, 2.24) is 10.6 Å². The lowest BCUT2D eigenvalue weighted by molar-refractivity contribution is -0.127. The molecule has 1 aliphatic rings. The number of rotatable bonds is 3. The van der Waals surface area contributed by atoms with E-state index >= 15 is 0 Å². The fourth-order valence-electron chi connectivity index (χ4n) is 2.37. The Bertz CT molecular complexity index is 484. The highest BCUT2D eigenvalue weighted by Crippen LogP contribution is 2.22. The van der Waals surface area contributed by atoms with Gasteiger partial charge in [-0.15, -0.1) is 0 Å². The second kappa shape index (κ2) is 5.25. The zero-order chi connectivity index (χ0) is 14.0. The van der Waals surface area contributed by atoms with Gasteiger partial charge in [0, 0.05) is 11.6 Å². The predicted octanol–water partition coefficient (Wildman–Crippen LogP) is 2.28. The molecule has 5 heteroatoms. The first kappa shape index (κ1) is 13.9. The normalized spacial score (nSPS) is 24.2. The van der Waals surface area contributed by atoms with E-state index in [1.54, 1.807) is 6.92 Å². The molecule has 0 aromatic heterocycles. The SMILES string of the molecule is CC(NC(=O)C1(C)CCCN1)c1ccc(F)cc1F. The molecule has 1 aromatic rings. The number of benzene rings is 1. The molecule has 2 N–H and O–H groups in total. The van der Waals surface area contributed by atoms with Crippen molar-refractivity contribution < 1.29 is 13.6 Å². The molecule has 0 spiro atoms. The van der Waals surface area contributed by atoms with Gasteiger partial charge in [0.2, 0.25) is 5.91 Å². The molecule has 1 amide bonds. The summed E-state index contributed by atoms with van der Waals surface area (Å²) >= 11 is 0. The standard InChI is InChI=1S/C14H18F2N2O/c1-9(11-5-4-10(15)8-12(11)16)18-13(19)14(2)6-3-7-17-14/h4-5,8-9,17H,3,6-7H2,1-2H3,(H,18,19). The molecule has 0 radical (unpaired) electrons. The Balaban J connectivity index is 2.08. The lowest BCUT2D eigenvalue weighted by Crippen LogP contribution is -2.51. The first-order valence-corrected chi connectivity index (χ1v) is 6.43. The smallest absolute Gasteiger partial charge is 0.240 e. The van der Waals surface area contributed by atoms with Crippen molar-refractivity contribution in [1.29, 1.82) is 0 Å². The van der Waals surface area contributed by atoms with E-state index in [0.717, 1.165) is 25.5 Å². The van der Waals surface area contributed by atoms with Gasteiger partial charge >= 0.3 is 0 Å². The van der Waals surface area contributed by atoms with Gasteiger partial charge in [0.15, 0.2) is 0 Å². The van der Waals surface area contributed by atoms with Crippen LogP contribution >= 0.6 is 0 Å². The van der Waals surface area contributed by atoms with E-state index in [1.807, 2.05) is 6.92 Å². The zero-order valence-corrected chi connectivity index (χ0v) is 11.1. The number of hydrogen-bond acceptors (Lipinski definition) is 2. The van der Waals surface area contributed by atoms with Gasteiger partial charge in [-0.2, -0.15) is 0 Å². The van der Waals surface area contributed by atoms with E-state index in [2.05, 4.69) is 10.6 Å². The molecule has 1 aliphatic heterocycles. The van der Waals surface area contributed by atoms with Gasteiger partial charge in [0.1, 0.15) is 11.6 Å². The molecule has 1 aromatic carbocycles. The topological polar surface area (TPSA) is 41.1 Å². The molecule has 0 saturated carbocycles. The van der Waals surface area contributed by atoms with Crippen molar-refractivity contribution in [3.05, 3.63) is 35.4 Å². The summed E-state index contributed by atoms with van der Waals surface area (Å²) in [5.74, 6) is -1.41. The third-order valence-electron chi connectivity index (χ3n) is 3.65. The average molecular weight is 268 g/mol. The molecule has 1 heterocycles. The molecule has 0 bridgehead atoms. The molecule has 2 atom stereocenters. The maximum atomic E-state index is 13.6. The highest BCUT2D eigenvalue weighted by molar-refractivity contribution is 5.86. The number of carbonyl (C=O) groups excluding carboxylic acids is 1. The monoisotopic (exact) mass is 268 g/mol. The first-order valence-electron chi connectivity index (χ1n) is 6.43. The van der Waals surface area contributed by atoms with Crippen LogP contribution in [-0.4, -0.2) is 18.0 Å². The minimum absolute atomic E-state index is 0.152. The van der Waals surface area contributed by atoms with Crippen LogP contribution in [0, 0.1) is 11.6 Å². The summed E-state index contributed by atoms with van der Waals surface area (Å²) < 4.78 is 26.5. The van der Waals surface area contributed by atoms with Crippen LogP contribution in [-0.2, 0) is 4.79 Å². The average Bonchev–Trinajstić information content (AvgIpc) is 2.77. The largest absolute Gasteiger partial charge is 0.348 e. The third kappa shape index (κ3) is 2.92. The molecule has 1 fully saturated rings. The minimum atomic E-state index is -0.641. The fraction of sp³-hybridized carbons (Fsp3) is 0.500. The van der Waals surface area contributed by atoms with Crippen molar-refractivity contribution in [3.8, 4) is 0 Å². The fourth-order valence-corrected chi connectivity index (χ4v) is 2.37. The molecular weight excluding hydrogens is 250 g/mol. The molecule has 2 unspecified atom stereocenters. The van der Waals surface area contributed by atoms with E-state index in [-0.39, 0.29) is 11.5 Å². The lowest BCUT2D eigenvalue weighted by atomic mass is 9.98. The van der Waals surface area contributed by atoms with Crippen LogP contribution in [0.25, 0.3) is 0 Å². The minimum Gasteiger partial charge on any atom is -0.348 e. The van der Waals surface area contributed by atoms with Gasteiger partial charge in [-0.05, 0) is 39.3 Å². The number of hydrogen-bond donors (Lipinski definition) is 2. The Morgan fingerprint density at radius 3 is 2.79 bits per heavy atom. The second-order valence-corrected chi connectivity index (χ2v) is 5.22. The Hall–Kier alpha value is -1.49. The predicted molar refractivity (Wildman–Crippen MR) is 68.6 cm³/mol. The molecule has 3 nitrogen and oxygen atoms in total. The van der Waals surface area contributed by atoms with Gasteiger partial charge in [-0.3, -0.25) is 4.79 Å². The lowest BCUT2D eigenvalue weighted by Gasteiger charge is -2.26. The highest BCUT2D eigenvalue weighted by Gasteiger charge is 2.36. The molecule has 104 valence electrons. The van der Waals surface area contributed by atoms with E-state index in [1.165, 1.54) is 12.1 Å². The number of halogens is 2. The molecule has 19 heavy (non-hydrogen) atoms. The second-order valence-electron chi connectivity index (χ2n) is 5.22. The summed E-state index contributed by atoms with van der Waals surface area (Å²) in [6.45, 7) is 4.33. The van der Waals surface area contributed by atoms with Gasteiger partial charge < -0.3 is 10.6 Å². The van der Waals surface area contributed by atoms with E-state index < -0.39 is 23.2 Å². The molecule has 0 aliphatic carbocycles. The quantitative estimate of drug-likeness (QED) is 0.883. The van der Waals surface area contributed by atoms with Crippen molar-refractivity contribution in [2.45, 2.75) is 38.3 Å². The van der Waals surface area contributed by atoms with E-state index in [4.69, 9.17) is 0 Å². The van der Waals surface area contributed by atoms with Crippen LogP contribution in [0.3, 0.4) is 0 Å². The maximum absolute atomic E-state index is 13.6. The zero-order valence-electron chi connectivity index (χ0n) is 11.1. The van der Waals surface area contributed by atoms with Crippen LogP contribution in [0.1, 0.15) is 38.3 Å². The summed E-state index contributed by atoms with van der Waals surface area (Å²) in [6, 6.07) is 2.89. The van der Waals surface area contributed by atoms with Crippen molar-refractivity contribution in [2.24, 2.45) is 0 Å². The number of nitrogens with one attached hydrogen (secondary N) is 2. The van der Waals surface area contributed by atoms with E-state index in [0.29, 0.717) is 0 Å². The van der Waals surface area contributed by atoms with Gasteiger partial charge in [0.05, 0.1) is 11.6 Å². The molecule has 2 rings (SSSR count). The summed E-state index contributed by atoms with van der Waals surface area (Å²) in [7, 11) is 0. The van der Waals surface area contributed by atoms with Crippen molar-refractivity contribution in [2.75, 3.05) is 6.54 Å². The van der Waals surface area contributed by atoms with Crippen molar-refractivity contribution in [3.63, 3.8) is 0 Å². The Morgan fingerprint density at radius 2 is 2.21 bits per heavy atom. The van der Waals surface area contributed by atoms with Gasteiger partial charge in [0.25, 0.3) is 0 Å². The van der Waals surface area contributed by atoms with Crippen LogP contribution in [0.2, 0.25) is 0 Å². The van der Waals surface area contributed by atoms with Crippen LogP contribution in [0.4, 0.5) is 8.78 Å². The van der Waals surface area contributed by atoms with Gasteiger partial charge in [-0.25, -0.2) is 8.78 Å². The van der Waals surface area contributed by atoms with Crippen LogP contribution in [0.15, 0.2) is 18.2 Å².